The number of anilines is 1. The van der Waals surface area contributed by atoms with Gasteiger partial charge in [0.2, 0.25) is 0 Å². The lowest BCUT2D eigenvalue weighted by atomic mass is 10.1. The number of benzene rings is 1. The highest BCUT2D eigenvalue weighted by Gasteiger charge is 2.21. The summed E-state index contributed by atoms with van der Waals surface area (Å²) in [4.78, 5) is 4.93. The summed E-state index contributed by atoms with van der Waals surface area (Å²) in [6, 6.07) is 7.00. The van der Waals surface area contributed by atoms with Crippen LogP contribution in [0.2, 0.25) is 0 Å². The highest BCUT2D eigenvalue weighted by Crippen LogP contribution is 2.23. The van der Waals surface area contributed by atoms with Gasteiger partial charge in [-0.25, -0.2) is 4.68 Å². The van der Waals surface area contributed by atoms with E-state index in [1.165, 1.54) is 16.8 Å². The van der Waals surface area contributed by atoms with E-state index in [0.29, 0.717) is 6.04 Å². The number of hydrogen-bond donors (Lipinski definition) is 0. The van der Waals surface area contributed by atoms with Crippen molar-refractivity contribution in [3.05, 3.63) is 35.2 Å². The number of aromatic nitrogens is 4. The van der Waals surface area contributed by atoms with Gasteiger partial charge >= 0.3 is 0 Å². The zero-order valence-electron chi connectivity index (χ0n) is 14.5. The van der Waals surface area contributed by atoms with Gasteiger partial charge in [0.15, 0.2) is 5.82 Å². The molecule has 1 fully saturated rings. The zero-order chi connectivity index (χ0) is 16.4. The van der Waals surface area contributed by atoms with Gasteiger partial charge in [0, 0.05) is 31.9 Å². The van der Waals surface area contributed by atoms with E-state index in [1.807, 2.05) is 4.68 Å². The summed E-state index contributed by atoms with van der Waals surface area (Å²) < 4.78 is 1.91. The first-order valence-corrected chi connectivity index (χ1v) is 8.36. The summed E-state index contributed by atoms with van der Waals surface area (Å²) >= 11 is 0. The molecule has 0 spiro atoms. The van der Waals surface area contributed by atoms with Gasteiger partial charge in [0.05, 0.1) is 12.6 Å². The van der Waals surface area contributed by atoms with E-state index >= 15 is 0 Å². The van der Waals surface area contributed by atoms with Gasteiger partial charge in [-0.15, -0.1) is 5.10 Å². The Bertz CT molecular complexity index is 655. The first-order valence-electron chi connectivity index (χ1n) is 8.36. The molecule has 0 unspecified atom stereocenters. The van der Waals surface area contributed by atoms with E-state index in [9.17, 15) is 0 Å². The molecular formula is C17H26N6. The Morgan fingerprint density at radius 1 is 1.09 bits per heavy atom. The molecule has 3 rings (SSSR count). The molecule has 1 aromatic heterocycles. The van der Waals surface area contributed by atoms with Crippen LogP contribution in [0, 0.1) is 13.8 Å². The second kappa shape index (κ2) is 6.66. The Balaban J connectivity index is 1.62. The van der Waals surface area contributed by atoms with Gasteiger partial charge in [0.1, 0.15) is 0 Å². The third kappa shape index (κ3) is 3.52. The van der Waals surface area contributed by atoms with Crippen molar-refractivity contribution >= 4 is 5.69 Å². The molecule has 0 N–H and O–H groups in total. The second-order valence-electron chi connectivity index (χ2n) is 6.69. The van der Waals surface area contributed by atoms with Crippen LogP contribution >= 0.6 is 0 Å². The van der Waals surface area contributed by atoms with Crippen LogP contribution in [0.25, 0.3) is 0 Å². The lowest BCUT2D eigenvalue weighted by molar-refractivity contribution is 0.237. The molecule has 0 bridgehead atoms. The van der Waals surface area contributed by atoms with Crippen molar-refractivity contribution in [1.29, 1.82) is 0 Å². The third-order valence-corrected chi connectivity index (χ3v) is 4.49. The fourth-order valence-corrected chi connectivity index (χ4v) is 3.12. The van der Waals surface area contributed by atoms with Gasteiger partial charge in [-0.05, 0) is 55.3 Å². The maximum absolute atomic E-state index is 4.18. The largest absolute Gasteiger partial charge is 0.369 e. The molecule has 23 heavy (non-hydrogen) atoms. The summed E-state index contributed by atoms with van der Waals surface area (Å²) in [6.07, 6.45) is 0. The predicted molar refractivity (Wildman–Crippen MR) is 91.6 cm³/mol. The predicted octanol–water partition coefficient (Wildman–Crippen LogP) is 2.19. The minimum Gasteiger partial charge on any atom is -0.369 e. The van der Waals surface area contributed by atoms with Crippen LogP contribution < -0.4 is 4.90 Å². The van der Waals surface area contributed by atoms with Gasteiger partial charge in [-0.2, -0.15) is 0 Å². The fraction of sp³-hybridized carbons (Fsp3) is 0.588. The molecule has 0 saturated carbocycles. The minimum absolute atomic E-state index is 0.302. The maximum atomic E-state index is 4.18. The first kappa shape index (κ1) is 15.9. The smallest absolute Gasteiger partial charge is 0.165 e. The zero-order valence-corrected chi connectivity index (χ0v) is 14.5. The number of aryl methyl sites for hydroxylation is 2. The molecule has 2 aromatic rings. The molecule has 0 radical (unpaired) electrons. The Hall–Kier alpha value is -1.95. The van der Waals surface area contributed by atoms with Crippen molar-refractivity contribution in [3.63, 3.8) is 0 Å². The number of piperazine rings is 1. The lowest BCUT2D eigenvalue weighted by Crippen LogP contribution is -2.46. The number of hydrogen-bond acceptors (Lipinski definition) is 5. The standard InChI is InChI=1S/C17H26N6/c1-13(2)23-17(18-19-20-23)12-21-7-9-22(10-8-21)16-11-14(3)5-6-15(16)4/h5-6,11,13H,7-10,12H2,1-4H3. The quantitative estimate of drug-likeness (QED) is 0.866. The van der Waals surface area contributed by atoms with Crippen LogP contribution in [0.3, 0.4) is 0 Å². The average molecular weight is 314 g/mol. The molecular weight excluding hydrogens is 288 g/mol. The summed E-state index contributed by atoms with van der Waals surface area (Å²) in [5, 5.41) is 12.1. The van der Waals surface area contributed by atoms with Crippen molar-refractivity contribution in [1.82, 2.24) is 25.1 Å². The van der Waals surface area contributed by atoms with Crippen molar-refractivity contribution in [2.45, 2.75) is 40.3 Å². The van der Waals surface area contributed by atoms with Crippen LogP contribution in [-0.2, 0) is 6.54 Å². The van der Waals surface area contributed by atoms with E-state index in [0.717, 1.165) is 38.5 Å². The Morgan fingerprint density at radius 2 is 1.83 bits per heavy atom. The summed E-state index contributed by atoms with van der Waals surface area (Å²) in [7, 11) is 0. The topological polar surface area (TPSA) is 50.1 Å². The molecule has 1 aromatic carbocycles. The Morgan fingerprint density at radius 3 is 2.52 bits per heavy atom. The number of tetrazole rings is 1. The van der Waals surface area contributed by atoms with E-state index in [4.69, 9.17) is 0 Å². The number of nitrogens with zero attached hydrogens (tertiary/aromatic N) is 6. The lowest BCUT2D eigenvalue weighted by Gasteiger charge is -2.36. The van der Waals surface area contributed by atoms with Crippen molar-refractivity contribution < 1.29 is 0 Å². The second-order valence-corrected chi connectivity index (χ2v) is 6.69. The fourth-order valence-electron chi connectivity index (χ4n) is 3.12. The van der Waals surface area contributed by atoms with Crippen molar-refractivity contribution in [2.75, 3.05) is 31.1 Å². The van der Waals surface area contributed by atoms with Crippen LogP contribution in [-0.4, -0.2) is 51.3 Å². The molecule has 1 aliphatic rings. The molecule has 1 saturated heterocycles. The summed E-state index contributed by atoms with van der Waals surface area (Å²) in [5.41, 5.74) is 4.05. The van der Waals surface area contributed by atoms with Crippen molar-refractivity contribution in [3.8, 4) is 0 Å². The summed E-state index contributed by atoms with van der Waals surface area (Å²) in [6.45, 7) is 13.6. The average Bonchev–Trinajstić information content (AvgIpc) is 2.99. The normalized spacial score (nSPS) is 16.3. The highest BCUT2D eigenvalue weighted by atomic mass is 15.6. The van der Waals surface area contributed by atoms with E-state index in [-0.39, 0.29) is 0 Å². The molecule has 124 valence electrons. The van der Waals surface area contributed by atoms with Crippen LogP contribution in [0.15, 0.2) is 18.2 Å². The van der Waals surface area contributed by atoms with Crippen LogP contribution in [0.4, 0.5) is 5.69 Å². The SMILES string of the molecule is Cc1ccc(C)c(N2CCN(Cc3nnnn3C(C)C)CC2)c1. The molecule has 0 aliphatic carbocycles. The maximum Gasteiger partial charge on any atom is 0.165 e. The Kier molecular flexibility index (Phi) is 4.61. The molecule has 6 nitrogen and oxygen atoms in total. The molecule has 0 atom stereocenters. The van der Waals surface area contributed by atoms with E-state index in [1.54, 1.807) is 0 Å². The minimum atomic E-state index is 0.302. The van der Waals surface area contributed by atoms with Gasteiger partial charge in [-0.3, -0.25) is 4.90 Å². The molecule has 0 amide bonds. The van der Waals surface area contributed by atoms with Gasteiger partial charge in [-0.1, -0.05) is 12.1 Å². The molecule has 1 aliphatic heterocycles. The monoisotopic (exact) mass is 314 g/mol. The number of rotatable bonds is 4. The van der Waals surface area contributed by atoms with Crippen LogP contribution in [0.5, 0.6) is 0 Å². The molecule has 6 heteroatoms. The van der Waals surface area contributed by atoms with Gasteiger partial charge < -0.3 is 4.90 Å². The van der Waals surface area contributed by atoms with Gasteiger partial charge in [0.25, 0.3) is 0 Å². The van der Waals surface area contributed by atoms with Crippen LogP contribution in [0.1, 0.15) is 36.8 Å². The summed E-state index contributed by atoms with van der Waals surface area (Å²) in [5.74, 6) is 0.959. The van der Waals surface area contributed by atoms with E-state index in [2.05, 4.69) is 71.2 Å². The molecule has 2 heterocycles. The van der Waals surface area contributed by atoms with E-state index < -0.39 is 0 Å². The third-order valence-electron chi connectivity index (χ3n) is 4.49. The Labute approximate surface area is 138 Å². The first-order chi connectivity index (χ1) is 11.0. The highest BCUT2D eigenvalue weighted by molar-refractivity contribution is 5.55. The van der Waals surface area contributed by atoms with Crippen molar-refractivity contribution in [2.24, 2.45) is 0 Å².